The van der Waals surface area contributed by atoms with E-state index in [1.807, 2.05) is 13.8 Å². The molecule has 98 valence electrons. The van der Waals surface area contributed by atoms with Crippen molar-refractivity contribution < 1.29 is 8.42 Å². The third-order valence-corrected chi connectivity index (χ3v) is 4.48. The van der Waals surface area contributed by atoms with Crippen LogP contribution >= 0.6 is 11.3 Å². The molecular formula is C10H19N3O2S2. The van der Waals surface area contributed by atoms with Gasteiger partial charge in [-0.15, -0.1) is 11.3 Å². The molecule has 1 rings (SSSR count). The molecule has 0 bridgehead atoms. The Morgan fingerprint density at radius 1 is 1.47 bits per heavy atom. The molecule has 0 saturated heterocycles. The van der Waals surface area contributed by atoms with Crippen LogP contribution in [0.1, 0.15) is 23.2 Å². The fourth-order valence-electron chi connectivity index (χ4n) is 1.30. The lowest BCUT2D eigenvalue weighted by atomic mass is 10.5. The van der Waals surface area contributed by atoms with Gasteiger partial charge in [0, 0.05) is 17.6 Å². The molecule has 0 unspecified atom stereocenters. The fraction of sp³-hybridized carbons (Fsp3) is 0.700. The Morgan fingerprint density at radius 3 is 2.82 bits per heavy atom. The zero-order chi connectivity index (χ0) is 12.7. The summed E-state index contributed by atoms with van der Waals surface area (Å²) in [7, 11) is -3.16. The molecule has 0 aliphatic heterocycles. The molecule has 1 heterocycles. The number of rotatable bonds is 8. The van der Waals surface area contributed by atoms with Crippen LogP contribution in [0, 0.1) is 6.92 Å². The Morgan fingerprint density at radius 2 is 2.24 bits per heavy atom. The minimum absolute atomic E-state index is 0.164. The molecule has 0 saturated carbocycles. The average molecular weight is 277 g/mol. The minimum atomic E-state index is -3.16. The summed E-state index contributed by atoms with van der Waals surface area (Å²) < 4.78 is 25.8. The maximum absolute atomic E-state index is 11.6. The summed E-state index contributed by atoms with van der Waals surface area (Å²) >= 11 is 1.51. The van der Waals surface area contributed by atoms with Crippen molar-refractivity contribution in [2.45, 2.75) is 26.8 Å². The van der Waals surface area contributed by atoms with Crippen LogP contribution in [0.25, 0.3) is 0 Å². The first-order chi connectivity index (χ1) is 8.03. The number of nitrogens with one attached hydrogen (secondary N) is 2. The Kier molecular flexibility index (Phi) is 6.04. The van der Waals surface area contributed by atoms with Crippen molar-refractivity contribution in [2.24, 2.45) is 0 Å². The van der Waals surface area contributed by atoms with E-state index in [1.54, 1.807) is 6.20 Å². The van der Waals surface area contributed by atoms with Crippen molar-refractivity contribution >= 4 is 21.4 Å². The van der Waals surface area contributed by atoms with Gasteiger partial charge in [0.25, 0.3) is 0 Å². The van der Waals surface area contributed by atoms with Gasteiger partial charge in [-0.05, 0) is 26.4 Å². The van der Waals surface area contributed by atoms with Crippen molar-refractivity contribution in [3.8, 4) is 0 Å². The standard InChI is InChI=1S/C10H19N3O2S2/c1-3-11-5-4-6-17(14,15)13-8-10-7-12-9(2)16-10/h7,11,13H,3-6,8H2,1-2H3. The molecule has 0 aromatic carbocycles. The van der Waals surface area contributed by atoms with Crippen LogP contribution in [0.15, 0.2) is 6.20 Å². The third-order valence-electron chi connectivity index (χ3n) is 2.15. The van der Waals surface area contributed by atoms with E-state index in [2.05, 4.69) is 15.0 Å². The van der Waals surface area contributed by atoms with Crippen molar-refractivity contribution in [3.05, 3.63) is 16.1 Å². The maximum Gasteiger partial charge on any atom is 0.211 e. The smallest absolute Gasteiger partial charge is 0.211 e. The van der Waals surface area contributed by atoms with Gasteiger partial charge in [0.15, 0.2) is 0 Å². The molecule has 0 radical (unpaired) electrons. The molecule has 5 nitrogen and oxygen atoms in total. The normalized spacial score (nSPS) is 11.9. The molecule has 17 heavy (non-hydrogen) atoms. The molecule has 0 spiro atoms. The molecule has 1 aromatic heterocycles. The van der Waals surface area contributed by atoms with Gasteiger partial charge in [-0.2, -0.15) is 0 Å². The molecule has 7 heteroatoms. The summed E-state index contributed by atoms with van der Waals surface area (Å²) in [4.78, 5) is 5.02. The van der Waals surface area contributed by atoms with Crippen LogP contribution in [0.5, 0.6) is 0 Å². The van der Waals surface area contributed by atoms with Gasteiger partial charge in [-0.1, -0.05) is 6.92 Å². The van der Waals surface area contributed by atoms with E-state index in [0.29, 0.717) is 13.0 Å². The van der Waals surface area contributed by atoms with Crippen LogP contribution in [-0.2, 0) is 16.6 Å². The van der Waals surface area contributed by atoms with E-state index in [9.17, 15) is 8.42 Å². The highest BCUT2D eigenvalue weighted by Crippen LogP contribution is 2.11. The van der Waals surface area contributed by atoms with E-state index in [4.69, 9.17) is 0 Å². The van der Waals surface area contributed by atoms with Crippen molar-refractivity contribution in [3.63, 3.8) is 0 Å². The van der Waals surface area contributed by atoms with Gasteiger partial charge >= 0.3 is 0 Å². The number of aryl methyl sites for hydroxylation is 1. The second-order valence-corrected chi connectivity index (χ2v) is 6.94. The SMILES string of the molecule is CCNCCCS(=O)(=O)NCc1cnc(C)s1. The highest BCUT2D eigenvalue weighted by atomic mass is 32.2. The second kappa shape index (κ2) is 7.05. The molecule has 0 fully saturated rings. The van der Waals surface area contributed by atoms with E-state index in [1.165, 1.54) is 11.3 Å². The number of thiazole rings is 1. The van der Waals surface area contributed by atoms with Crippen molar-refractivity contribution in [1.82, 2.24) is 15.0 Å². The summed E-state index contributed by atoms with van der Waals surface area (Å²) in [5.41, 5.74) is 0. The van der Waals surface area contributed by atoms with Gasteiger partial charge in [0.1, 0.15) is 0 Å². The first-order valence-corrected chi connectivity index (χ1v) is 8.09. The molecule has 1 aromatic rings. The molecular weight excluding hydrogens is 258 g/mol. The largest absolute Gasteiger partial charge is 0.317 e. The predicted molar refractivity (Wildman–Crippen MR) is 70.6 cm³/mol. The van der Waals surface area contributed by atoms with Crippen molar-refractivity contribution in [1.29, 1.82) is 0 Å². The molecule has 2 N–H and O–H groups in total. The topological polar surface area (TPSA) is 71.1 Å². The minimum Gasteiger partial charge on any atom is -0.317 e. The highest BCUT2D eigenvalue weighted by molar-refractivity contribution is 7.89. The van der Waals surface area contributed by atoms with E-state index < -0.39 is 10.0 Å². The number of hydrogen-bond donors (Lipinski definition) is 2. The van der Waals surface area contributed by atoms with Crippen molar-refractivity contribution in [2.75, 3.05) is 18.8 Å². The zero-order valence-electron chi connectivity index (χ0n) is 10.2. The molecule has 0 amide bonds. The van der Waals surface area contributed by atoms with Gasteiger partial charge in [0.2, 0.25) is 10.0 Å². The summed E-state index contributed by atoms with van der Waals surface area (Å²) in [6.45, 7) is 5.84. The summed E-state index contributed by atoms with van der Waals surface area (Å²) in [5.74, 6) is 0.164. The first kappa shape index (κ1) is 14.6. The van der Waals surface area contributed by atoms with Gasteiger partial charge < -0.3 is 5.32 Å². The molecule has 0 atom stereocenters. The second-order valence-electron chi connectivity index (χ2n) is 3.69. The van der Waals surface area contributed by atoms with Crippen LogP contribution in [0.2, 0.25) is 0 Å². The van der Waals surface area contributed by atoms with Gasteiger partial charge in [0.05, 0.1) is 10.8 Å². The summed E-state index contributed by atoms with van der Waals surface area (Å²) in [6, 6.07) is 0. The van der Waals surface area contributed by atoms with E-state index in [-0.39, 0.29) is 5.75 Å². The van der Waals surface area contributed by atoms with Crippen LogP contribution in [0.3, 0.4) is 0 Å². The quantitative estimate of drug-likeness (QED) is 0.692. The lowest BCUT2D eigenvalue weighted by molar-refractivity contribution is 0.576. The fourth-order valence-corrected chi connectivity index (χ4v) is 3.17. The Hall–Kier alpha value is -0.500. The molecule has 0 aliphatic carbocycles. The van der Waals surface area contributed by atoms with Gasteiger partial charge in [-0.3, -0.25) is 0 Å². The zero-order valence-corrected chi connectivity index (χ0v) is 11.8. The third kappa shape index (κ3) is 6.11. The Balaban J connectivity index is 2.29. The summed E-state index contributed by atoms with van der Waals surface area (Å²) in [6.07, 6.45) is 2.34. The van der Waals surface area contributed by atoms with E-state index in [0.717, 1.165) is 23.0 Å². The van der Waals surface area contributed by atoms with Crippen LogP contribution in [-0.4, -0.2) is 32.2 Å². The highest BCUT2D eigenvalue weighted by Gasteiger charge is 2.10. The Bertz CT molecular complexity index is 429. The average Bonchev–Trinajstić information content (AvgIpc) is 2.68. The number of hydrogen-bond acceptors (Lipinski definition) is 5. The summed E-state index contributed by atoms with van der Waals surface area (Å²) in [5, 5.41) is 4.05. The monoisotopic (exact) mass is 277 g/mol. The maximum atomic E-state index is 11.6. The number of aromatic nitrogens is 1. The predicted octanol–water partition coefficient (Wildman–Crippen LogP) is 0.871. The molecule has 0 aliphatic rings. The first-order valence-electron chi connectivity index (χ1n) is 5.63. The lowest BCUT2D eigenvalue weighted by Crippen LogP contribution is -2.27. The van der Waals surface area contributed by atoms with Crippen LogP contribution in [0.4, 0.5) is 0 Å². The Labute approximate surface area is 107 Å². The lowest BCUT2D eigenvalue weighted by Gasteiger charge is -2.05. The van der Waals surface area contributed by atoms with E-state index >= 15 is 0 Å². The number of nitrogens with zero attached hydrogens (tertiary/aromatic N) is 1. The van der Waals surface area contributed by atoms with Gasteiger partial charge in [-0.25, -0.2) is 18.1 Å². The van der Waals surface area contributed by atoms with Crippen LogP contribution < -0.4 is 10.0 Å². The number of sulfonamides is 1.